The number of hydrogen-bond acceptors (Lipinski definition) is 5. The molecular formula is C8H4N4S. The lowest BCUT2D eigenvalue weighted by atomic mass is 10.3. The normalized spacial score (nSPS) is 11.1. The van der Waals surface area contributed by atoms with E-state index in [9.17, 15) is 0 Å². The number of nitrogens with zero attached hydrogens (tertiary/aromatic N) is 4. The molecule has 0 saturated heterocycles. The highest BCUT2D eigenvalue weighted by atomic mass is 32.1. The van der Waals surface area contributed by atoms with Gasteiger partial charge in [-0.25, -0.2) is 4.98 Å². The maximum atomic E-state index is 4.24. The Morgan fingerprint density at radius 2 is 2.31 bits per heavy atom. The highest BCUT2D eigenvalue weighted by Gasteiger charge is 2.05. The third-order valence-electron chi connectivity index (χ3n) is 1.84. The van der Waals surface area contributed by atoms with Crippen LogP contribution in [0.3, 0.4) is 0 Å². The van der Waals surface area contributed by atoms with E-state index in [1.807, 2.05) is 12.1 Å². The van der Waals surface area contributed by atoms with Gasteiger partial charge in [-0.3, -0.25) is 0 Å². The van der Waals surface area contributed by atoms with Crippen LogP contribution in [-0.2, 0) is 0 Å². The zero-order chi connectivity index (χ0) is 8.67. The van der Waals surface area contributed by atoms with Gasteiger partial charge in [0.1, 0.15) is 10.3 Å². The fourth-order valence-electron chi connectivity index (χ4n) is 1.28. The van der Waals surface area contributed by atoms with Gasteiger partial charge in [-0.15, -0.1) is 21.5 Å². The molecule has 3 aromatic heterocycles. The fourth-order valence-corrected chi connectivity index (χ4v) is 2.22. The third kappa shape index (κ3) is 0.905. The van der Waals surface area contributed by atoms with Crippen molar-refractivity contribution in [1.82, 2.24) is 20.4 Å². The predicted octanol–water partition coefficient (Wildman–Crippen LogP) is 1.63. The van der Waals surface area contributed by atoms with Crippen molar-refractivity contribution in [3.05, 3.63) is 24.5 Å². The number of pyridine rings is 1. The second kappa shape index (κ2) is 2.43. The molecule has 4 nitrogen and oxygen atoms in total. The molecule has 0 aromatic carbocycles. The number of hydrogen-bond donors (Lipinski definition) is 0. The lowest BCUT2D eigenvalue weighted by Crippen LogP contribution is -1.82. The van der Waals surface area contributed by atoms with E-state index >= 15 is 0 Å². The first-order valence-electron chi connectivity index (χ1n) is 3.77. The van der Waals surface area contributed by atoms with Gasteiger partial charge < -0.3 is 0 Å². The van der Waals surface area contributed by atoms with Crippen molar-refractivity contribution in [1.29, 1.82) is 0 Å². The van der Waals surface area contributed by atoms with E-state index in [2.05, 4.69) is 20.4 Å². The first-order chi connectivity index (χ1) is 6.45. The summed E-state index contributed by atoms with van der Waals surface area (Å²) in [5.41, 5.74) is 0.892. The minimum atomic E-state index is 0.892. The summed E-state index contributed by atoms with van der Waals surface area (Å²) in [5, 5.41) is 12.4. The number of thiophene rings is 1. The Kier molecular flexibility index (Phi) is 1.28. The Morgan fingerprint density at radius 3 is 3.31 bits per heavy atom. The van der Waals surface area contributed by atoms with Crippen molar-refractivity contribution >= 4 is 31.8 Å². The summed E-state index contributed by atoms with van der Waals surface area (Å²) >= 11 is 1.59. The van der Waals surface area contributed by atoms with E-state index < -0.39 is 0 Å². The van der Waals surface area contributed by atoms with Crippen LogP contribution >= 0.6 is 11.3 Å². The van der Waals surface area contributed by atoms with Crippen molar-refractivity contribution in [3.8, 4) is 0 Å². The van der Waals surface area contributed by atoms with Crippen LogP contribution in [-0.4, -0.2) is 20.4 Å². The molecule has 3 rings (SSSR count). The summed E-state index contributed by atoms with van der Waals surface area (Å²) in [5.74, 6) is 0. The summed E-state index contributed by atoms with van der Waals surface area (Å²) < 4.78 is 1.03. The van der Waals surface area contributed by atoms with Crippen LogP contribution in [0, 0.1) is 0 Å². The molecule has 3 heterocycles. The van der Waals surface area contributed by atoms with Crippen LogP contribution in [0.2, 0.25) is 0 Å². The number of fused-ring (bicyclic) bond motifs is 3. The van der Waals surface area contributed by atoms with Crippen molar-refractivity contribution in [3.63, 3.8) is 0 Å². The average Bonchev–Trinajstić information content (AvgIpc) is 2.56. The summed E-state index contributed by atoms with van der Waals surface area (Å²) in [6.45, 7) is 0. The smallest absolute Gasteiger partial charge is 0.126 e. The quantitative estimate of drug-likeness (QED) is 0.538. The van der Waals surface area contributed by atoms with Crippen molar-refractivity contribution in [2.75, 3.05) is 0 Å². The molecule has 0 fully saturated rings. The fraction of sp³-hybridized carbons (Fsp3) is 0. The molecule has 0 radical (unpaired) electrons. The first kappa shape index (κ1) is 6.85. The molecule has 62 valence electrons. The van der Waals surface area contributed by atoms with E-state index in [0.29, 0.717) is 0 Å². The molecular weight excluding hydrogens is 184 g/mol. The van der Waals surface area contributed by atoms with Crippen molar-refractivity contribution in [2.24, 2.45) is 0 Å². The topological polar surface area (TPSA) is 51.6 Å². The Bertz CT molecular complexity index is 524. The highest BCUT2D eigenvalue weighted by molar-refractivity contribution is 7.25. The molecule has 0 spiro atoms. The monoisotopic (exact) mass is 188 g/mol. The molecule has 0 unspecified atom stereocenters. The molecule has 0 amide bonds. The molecule has 0 atom stereocenters. The summed E-state index contributed by atoms with van der Waals surface area (Å²) in [4.78, 5) is 5.23. The van der Waals surface area contributed by atoms with Crippen molar-refractivity contribution in [2.45, 2.75) is 0 Å². The molecule has 5 heteroatoms. The van der Waals surface area contributed by atoms with Gasteiger partial charge in [0, 0.05) is 11.6 Å². The Labute approximate surface area is 77.3 Å². The zero-order valence-corrected chi connectivity index (χ0v) is 7.32. The predicted molar refractivity (Wildman–Crippen MR) is 50.5 cm³/mol. The van der Waals surface area contributed by atoms with Gasteiger partial charge in [0.25, 0.3) is 0 Å². The van der Waals surface area contributed by atoms with Crippen LogP contribution in [0.1, 0.15) is 0 Å². The average molecular weight is 188 g/mol. The maximum absolute atomic E-state index is 4.24. The lowest BCUT2D eigenvalue weighted by molar-refractivity contribution is 0.899. The van der Waals surface area contributed by atoms with E-state index in [4.69, 9.17) is 0 Å². The second-order valence-electron chi connectivity index (χ2n) is 2.61. The van der Waals surface area contributed by atoms with Gasteiger partial charge in [0.15, 0.2) is 0 Å². The Balaban J connectivity index is 2.64. The molecule has 0 aliphatic heterocycles. The van der Waals surface area contributed by atoms with Crippen LogP contribution in [0.25, 0.3) is 20.4 Å². The largest absolute Gasteiger partial charge is 0.245 e. The van der Waals surface area contributed by atoms with Crippen LogP contribution in [0.5, 0.6) is 0 Å². The SMILES string of the molecule is c1cnc2sc3cnnnc3c2c1. The molecule has 0 bridgehead atoms. The highest BCUT2D eigenvalue weighted by Crippen LogP contribution is 2.28. The van der Waals surface area contributed by atoms with Crippen LogP contribution < -0.4 is 0 Å². The molecule has 0 saturated carbocycles. The van der Waals surface area contributed by atoms with Gasteiger partial charge in [0.2, 0.25) is 0 Å². The Hall–Kier alpha value is -1.62. The van der Waals surface area contributed by atoms with Gasteiger partial charge >= 0.3 is 0 Å². The molecule has 0 N–H and O–H groups in total. The molecule has 13 heavy (non-hydrogen) atoms. The van der Waals surface area contributed by atoms with Gasteiger partial charge in [-0.2, -0.15) is 0 Å². The van der Waals surface area contributed by atoms with E-state index in [-0.39, 0.29) is 0 Å². The standard InChI is InChI=1S/C8H4N4S/c1-2-5-7-6(4-10-12-11-7)13-8(5)9-3-1/h1-4H. The van der Waals surface area contributed by atoms with Gasteiger partial charge in [0.05, 0.1) is 10.9 Å². The minimum Gasteiger partial charge on any atom is -0.245 e. The summed E-state index contributed by atoms with van der Waals surface area (Å²) in [7, 11) is 0. The second-order valence-corrected chi connectivity index (χ2v) is 3.64. The van der Waals surface area contributed by atoms with Crippen LogP contribution in [0.15, 0.2) is 24.5 Å². The zero-order valence-electron chi connectivity index (χ0n) is 6.51. The van der Waals surface area contributed by atoms with Crippen molar-refractivity contribution < 1.29 is 0 Å². The lowest BCUT2D eigenvalue weighted by Gasteiger charge is -1.85. The van der Waals surface area contributed by atoms with Gasteiger partial charge in [-0.1, -0.05) is 0 Å². The van der Waals surface area contributed by atoms with E-state index in [1.54, 1.807) is 23.7 Å². The van der Waals surface area contributed by atoms with E-state index in [0.717, 1.165) is 20.4 Å². The van der Waals surface area contributed by atoms with Gasteiger partial charge in [-0.05, 0) is 17.3 Å². The number of rotatable bonds is 0. The third-order valence-corrected chi connectivity index (χ3v) is 2.87. The number of aromatic nitrogens is 4. The van der Waals surface area contributed by atoms with Crippen LogP contribution in [0.4, 0.5) is 0 Å². The van der Waals surface area contributed by atoms with E-state index in [1.165, 1.54) is 0 Å². The minimum absolute atomic E-state index is 0.892. The summed E-state index contributed by atoms with van der Waals surface area (Å²) in [6, 6.07) is 3.90. The molecule has 0 aliphatic rings. The maximum Gasteiger partial charge on any atom is 0.126 e. The first-order valence-corrected chi connectivity index (χ1v) is 4.58. The molecule has 0 aliphatic carbocycles. The molecule has 3 aromatic rings. The Morgan fingerprint density at radius 1 is 1.31 bits per heavy atom. The summed E-state index contributed by atoms with van der Waals surface area (Å²) in [6.07, 6.45) is 3.49.